The van der Waals surface area contributed by atoms with Crippen LogP contribution in [-0.2, 0) is 14.1 Å². The number of aryl methyl sites for hydroxylation is 2. The molecule has 0 amide bonds. The average molecular weight is 412 g/mol. The third kappa shape index (κ3) is 2.45. The first-order chi connectivity index (χ1) is 15.5. The topological polar surface area (TPSA) is 131 Å². The minimum Gasteiger partial charge on any atom is -0.326 e. The zero-order valence-electron chi connectivity index (χ0n) is 17.0. The van der Waals surface area contributed by atoms with Crippen molar-refractivity contribution in [3.63, 3.8) is 0 Å². The van der Waals surface area contributed by atoms with Crippen LogP contribution in [0.25, 0.3) is 54.8 Å². The molecule has 0 aliphatic carbocycles. The van der Waals surface area contributed by atoms with Crippen LogP contribution in [0, 0.1) is 45.3 Å². The summed E-state index contributed by atoms with van der Waals surface area (Å²) in [6.45, 7) is 0. The van der Waals surface area contributed by atoms with Gasteiger partial charge < -0.3 is 9.13 Å². The van der Waals surface area contributed by atoms with Crippen molar-refractivity contribution in [2.45, 2.75) is 0 Å². The van der Waals surface area contributed by atoms with Crippen molar-refractivity contribution in [2.75, 3.05) is 0 Å². The van der Waals surface area contributed by atoms with Gasteiger partial charge in [-0.3, -0.25) is 0 Å². The maximum Gasteiger partial charge on any atom is 0.172 e. The fraction of sp³-hybridized carbons (Fsp3) is 0.0833. The Morgan fingerprint density at radius 2 is 1.28 bits per heavy atom. The molecule has 0 N–H and O–H groups in total. The normalized spacial score (nSPS) is 10.7. The van der Waals surface area contributed by atoms with Gasteiger partial charge in [0.05, 0.1) is 22.1 Å². The summed E-state index contributed by atoms with van der Waals surface area (Å²) >= 11 is 0. The summed E-state index contributed by atoms with van der Waals surface area (Å²) in [5.74, 6) is 0. The standard InChI is InChI=1S/C24H12N8/c1-31-21-8-15-6-18-13(5-14(15)7-20(21)30-23(31)16(9-25)10-26)3-4-19-22(18)32(2)24(29-19)17(11-27)12-28/h3-8H,1-2H3. The predicted octanol–water partition coefficient (Wildman–Crippen LogP) is 2.16. The fourth-order valence-corrected chi connectivity index (χ4v) is 4.17. The van der Waals surface area contributed by atoms with Crippen molar-refractivity contribution in [1.29, 1.82) is 21.0 Å². The second-order valence-electron chi connectivity index (χ2n) is 7.38. The molecule has 0 radical (unpaired) electrons. The number of hydrogen-bond donors (Lipinski definition) is 0. The van der Waals surface area contributed by atoms with E-state index in [0.29, 0.717) is 22.0 Å². The summed E-state index contributed by atoms with van der Waals surface area (Å²) in [5, 5.41) is 40.9. The Kier molecular flexibility index (Phi) is 3.93. The molecule has 5 rings (SSSR count). The summed E-state index contributed by atoms with van der Waals surface area (Å²) in [4.78, 5) is 8.99. The van der Waals surface area contributed by atoms with Gasteiger partial charge in [-0.15, -0.1) is 0 Å². The lowest BCUT2D eigenvalue weighted by Crippen LogP contribution is -2.17. The number of benzene rings is 3. The van der Waals surface area contributed by atoms with Crippen molar-refractivity contribution >= 4 is 54.8 Å². The van der Waals surface area contributed by atoms with Crippen molar-refractivity contribution in [3.8, 4) is 24.3 Å². The molecule has 0 fully saturated rings. The lowest BCUT2D eigenvalue weighted by molar-refractivity contribution is 0.897. The summed E-state index contributed by atoms with van der Waals surface area (Å²) < 4.78 is 3.51. The third-order valence-electron chi connectivity index (χ3n) is 5.70. The largest absolute Gasteiger partial charge is 0.326 e. The van der Waals surface area contributed by atoms with Crippen molar-refractivity contribution in [2.24, 2.45) is 14.1 Å². The van der Waals surface area contributed by atoms with Crippen LogP contribution in [0.3, 0.4) is 0 Å². The van der Waals surface area contributed by atoms with Crippen molar-refractivity contribution in [3.05, 3.63) is 47.4 Å². The molecule has 0 aliphatic heterocycles. The summed E-state index contributed by atoms with van der Waals surface area (Å²) in [6, 6.07) is 19.5. The molecule has 0 bridgehead atoms. The molecule has 2 aromatic heterocycles. The molecule has 5 aromatic rings. The smallest absolute Gasteiger partial charge is 0.172 e. The SMILES string of the molecule is Cn1c(=C(C#N)C#N)nc2cc3cc4ccc5nc(=C(C#N)C#N)n(C)c5c4cc3cc21. The van der Waals surface area contributed by atoms with Gasteiger partial charge in [-0.25, -0.2) is 9.97 Å². The Morgan fingerprint density at radius 3 is 1.94 bits per heavy atom. The number of fused-ring (bicyclic) bond motifs is 5. The van der Waals surface area contributed by atoms with Crippen LogP contribution in [0.15, 0.2) is 36.4 Å². The average Bonchev–Trinajstić information content (AvgIpc) is 3.30. The van der Waals surface area contributed by atoms with E-state index in [1.54, 1.807) is 23.2 Å². The molecular formula is C24H12N8. The quantitative estimate of drug-likeness (QED) is 0.358. The minimum atomic E-state index is -0.0381. The summed E-state index contributed by atoms with van der Waals surface area (Å²) in [6.07, 6.45) is 0. The van der Waals surface area contributed by atoms with Crippen LogP contribution >= 0.6 is 0 Å². The maximum absolute atomic E-state index is 9.27. The van der Waals surface area contributed by atoms with E-state index in [2.05, 4.69) is 9.97 Å². The van der Waals surface area contributed by atoms with Crippen LogP contribution in [0.5, 0.6) is 0 Å². The molecule has 0 saturated carbocycles. The number of nitrogens with zero attached hydrogens (tertiary/aromatic N) is 8. The first kappa shape index (κ1) is 18.8. The predicted molar refractivity (Wildman–Crippen MR) is 119 cm³/mol. The van der Waals surface area contributed by atoms with Crippen LogP contribution in [0.2, 0.25) is 0 Å². The van der Waals surface area contributed by atoms with Gasteiger partial charge in [0, 0.05) is 19.5 Å². The van der Waals surface area contributed by atoms with Crippen LogP contribution in [-0.4, -0.2) is 19.1 Å². The second kappa shape index (κ2) is 6.67. The molecule has 8 heteroatoms. The van der Waals surface area contributed by atoms with Crippen LogP contribution in [0.4, 0.5) is 0 Å². The molecular weight excluding hydrogens is 400 g/mol. The highest BCUT2D eigenvalue weighted by atomic mass is 15.0. The molecule has 32 heavy (non-hydrogen) atoms. The molecule has 0 spiro atoms. The lowest BCUT2D eigenvalue weighted by Gasteiger charge is -2.06. The highest BCUT2D eigenvalue weighted by molar-refractivity contribution is 6.11. The van der Waals surface area contributed by atoms with Gasteiger partial charge in [-0.2, -0.15) is 21.0 Å². The Morgan fingerprint density at radius 1 is 0.688 bits per heavy atom. The molecule has 0 aliphatic rings. The second-order valence-corrected chi connectivity index (χ2v) is 7.38. The Hall–Kier alpha value is -5.18. The van der Waals surface area contributed by atoms with E-state index in [0.717, 1.165) is 32.6 Å². The molecule has 3 aromatic carbocycles. The number of rotatable bonds is 0. The highest BCUT2D eigenvalue weighted by Crippen LogP contribution is 2.30. The van der Waals surface area contributed by atoms with E-state index in [1.807, 2.05) is 60.7 Å². The number of hydrogen-bond acceptors (Lipinski definition) is 6. The van der Waals surface area contributed by atoms with E-state index >= 15 is 0 Å². The zero-order chi connectivity index (χ0) is 22.6. The molecule has 0 saturated heterocycles. The minimum absolute atomic E-state index is 0.0379. The van der Waals surface area contributed by atoms with E-state index in [9.17, 15) is 21.0 Å². The number of nitriles is 4. The van der Waals surface area contributed by atoms with Crippen LogP contribution < -0.4 is 11.0 Å². The molecule has 2 heterocycles. The molecule has 8 nitrogen and oxygen atoms in total. The van der Waals surface area contributed by atoms with Gasteiger partial charge in [0.2, 0.25) is 0 Å². The van der Waals surface area contributed by atoms with Gasteiger partial charge in [0.25, 0.3) is 0 Å². The first-order valence-electron chi connectivity index (χ1n) is 9.55. The van der Waals surface area contributed by atoms with Gasteiger partial charge in [0.1, 0.15) is 24.3 Å². The third-order valence-corrected chi connectivity index (χ3v) is 5.70. The van der Waals surface area contributed by atoms with E-state index in [-0.39, 0.29) is 11.1 Å². The lowest BCUT2D eigenvalue weighted by atomic mass is 10.0. The molecule has 0 unspecified atom stereocenters. The van der Waals surface area contributed by atoms with Gasteiger partial charge in [-0.05, 0) is 46.5 Å². The summed E-state index contributed by atoms with van der Waals surface area (Å²) in [5.41, 5.74) is 3.62. The molecule has 0 atom stereocenters. The van der Waals surface area contributed by atoms with Gasteiger partial charge in [0.15, 0.2) is 22.1 Å². The number of aromatic nitrogens is 4. The Balaban J connectivity index is 1.93. The Labute approximate surface area is 181 Å². The van der Waals surface area contributed by atoms with E-state index in [4.69, 9.17) is 0 Å². The van der Waals surface area contributed by atoms with Gasteiger partial charge in [-0.1, -0.05) is 6.07 Å². The van der Waals surface area contributed by atoms with Crippen LogP contribution in [0.1, 0.15) is 0 Å². The van der Waals surface area contributed by atoms with E-state index in [1.165, 1.54) is 0 Å². The fourth-order valence-electron chi connectivity index (χ4n) is 4.17. The molecule has 148 valence electrons. The zero-order valence-corrected chi connectivity index (χ0v) is 17.0. The maximum atomic E-state index is 9.27. The Bertz CT molecular complexity index is 1910. The van der Waals surface area contributed by atoms with Crippen molar-refractivity contribution < 1.29 is 0 Å². The monoisotopic (exact) mass is 412 g/mol. The summed E-state index contributed by atoms with van der Waals surface area (Å²) in [7, 11) is 3.57. The number of imidazole rings is 2. The van der Waals surface area contributed by atoms with E-state index < -0.39 is 0 Å². The van der Waals surface area contributed by atoms with Crippen molar-refractivity contribution in [1.82, 2.24) is 19.1 Å². The first-order valence-corrected chi connectivity index (χ1v) is 9.55. The highest BCUT2D eigenvalue weighted by Gasteiger charge is 2.13. The van der Waals surface area contributed by atoms with Gasteiger partial charge >= 0.3 is 0 Å².